The van der Waals surface area contributed by atoms with Crippen molar-refractivity contribution < 1.29 is 4.42 Å². The Morgan fingerprint density at radius 2 is 2.05 bits per heavy atom. The summed E-state index contributed by atoms with van der Waals surface area (Å²) in [5.74, 6) is -0.256. The minimum atomic E-state index is -0.256. The van der Waals surface area contributed by atoms with Crippen LogP contribution in [0, 0.1) is 0 Å². The van der Waals surface area contributed by atoms with Crippen LogP contribution >= 0.6 is 0 Å². The molecule has 1 atom stereocenters. The number of nitrogens with one attached hydrogen (secondary N) is 1. The van der Waals surface area contributed by atoms with Crippen LogP contribution in [-0.2, 0) is 6.54 Å². The number of hydrogen-bond acceptors (Lipinski definition) is 3. The SMILES string of the molecule is CCCNC(CC)c1ccc2c(c1)oc(=O)n2CCC. The van der Waals surface area contributed by atoms with Gasteiger partial charge in [0.05, 0.1) is 5.52 Å². The van der Waals surface area contributed by atoms with E-state index in [1.165, 1.54) is 5.56 Å². The zero-order valence-electron chi connectivity index (χ0n) is 12.6. The molecule has 1 aromatic heterocycles. The van der Waals surface area contributed by atoms with Gasteiger partial charge in [0.1, 0.15) is 0 Å². The first-order chi connectivity index (χ1) is 9.71. The van der Waals surface area contributed by atoms with Crippen LogP contribution in [0.2, 0.25) is 0 Å². The fourth-order valence-corrected chi connectivity index (χ4v) is 2.55. The number of nitrogens with zero attached hydrogens (tertiary/aromatic N) is 1. The summed E-state index contributed by atoms with van der Waals surface area (Å²) >= 11 is 0. The molecule has 0 spiro atoms. The first-order valence-corrected chi connectivity index (χ1v) is 7.57. The van der Waals surface area contributed by atoms with Gasteiger partial charge in [0.25, 0.3) is 0 Å². The molecular weight excluding hydrogens is 252 g/mol. The monoisotopic (exact) mass is 276 g/mol. The van der Waals surface area contributed by atoms with Crippen LogP contribution in [0.15, 0.2) is 27.4 Å². The summed E-state index contributed by atoms with van der Waals surface area (Å²) in [6.45, 7) is 8.08. The van der Waals surface area contributed by atoms with E-state index in [-0.39, 0.29) is 5.76 Å². The Labute approximate surface area is 119 Å². The zero-order chi connectivity index (χ0) is 14.5. The molecular formula is C16H24N2O2. The fraction of sp³-hybridized carbons (Fsp3) is 0.562. The molecule has 1 unspecified atom stereocenters. The minimum absolute atomic E-state index is 0.256. The third kappa shape index (κ3) is 2.96. The van der Waals surface area contributed by atoms with Gasteiger partial charge in [-0.25, -0.2) is 4.79 Å². The quantitative estimate of drug-likeness (QED) is 0.842. The van der Waals surface area contributed by atoms with E-state index in [4.69, 9.17) is 4.42 Å². The van der Waals surface area contributed by atoms with E-state index in [1.54, 1.807) is 4.57 Å². The van der Waals surface area contributed by atoms with Gasteiger partial charge in [0.15, 0.2) is 5.58 Å². The molecule has 0 saturated carbocycles. The van der Waals surface area contributed by atoms with E-state index in [0.29, 0.717) is 18.2 Å². The highest BCUT2D eigenvalue weighted by atomic mass is 16.4. The third-order valence-corrected chi connectivity index (χ3v) is 3.59. The molecule has 20 heavy (non-hydrogen) atoms. The van der Waals surface area contributed by atoms with Crippen molar-refractivity contribution in [1.82, 2.24) is 9.88 Å². The molecule has 1 N–H and O–H groups in total. The number of oxazole rings is 1. The van der Waals surface area contributed by atoms with Gasteiger partial charge < -0.3 is 9.73 Å². The Morgan fingerprint density at radius 1 is 1.25 bits per heavy atom. The highest BCUT2D eigenvalue weighted by Gasteiger charge is 2.13. The Bertz CT molecular complexity index is 612. The fourth-order valence-electron chi connectivity index (χ4n) is 2.55. The average molecular weight is 276 g/mol. The first-order valence-electron chi connectivity index (χ1n) is 7.57. The Kier molecular flexibility index (Phi) is 5.01. The second-order valence-electron chi connectivity index (χ2n) is 5.16. The van der Waals surface area contributed by atoms with Gasteiger partial charge in [0.2, 0.25) is 0 Å². The van der Waals surface area contributed by atoms with Gasteiger partial charge in [0, 0.05) is 12.6 Å². The van der Waals surface area contributed by atoms with Crippen molar-refractivity contribution in [3.05, 3.63) is 34.3 Å². The van der Waals surface area contributed by atoms with Gasteiger partial charge in [-0.15, -0.1) is 0 Å². The molecule has 0 aliphatic carbocycles. The minimum Gasteiger partial charge on any atom is -0.408 e. The Hall–Kier alpha value is -1.55. The summed E-state index contributed by atoms with van der Waals surface area (Å²) in [5.41, 5.74) is 2.77. The highest BCUT2D eigenvalue weighted by molar-refractivity contribution is 5.73. The summed E-state index contributed by atoms with van der Waals surface area (Å²) in [5, 5.41) is 3.52. The maximum absolute atomic E-state index is 11.8. The van der Waals surface area contributed by atoms with Gasteiger partial charge >= 0.3 is 5.76 Å². The molecule has 4 heteroatoms. The largest absolute Gasteiger partial charge is 0.419 e. The molecule has 0 amide bonds. The topological polar surface area (TPSA) is 47.2 Å². The lowest BCUT2D eigenvalue weighted by Crippen LogP contribution is -2.21. The van der Waals surface area contributed by atoms with E-state index in [1.807, 2.05) is 12.1 Å². The van der Waals surface area contributed by atoms with Crippen LogP contribution in [0.5, 0.6) is 0 Å². The molecule has 2 rings (SSSR count). The van der Waals surface area contributed by atoms with Gasteiger partial charge in [-0.05, 0) is 43.5 Å². The van der Waals surface area contributed by atoms with Crippen LogP contribution in [0.4, 0.5) is 0 Å². The molecule has 2 aromatic rings. The summed E-state index contributed by atoms with van der Waals surface area (Å²) in [6, 6.07) is 6.42. The molecule has 110 valence electrons. The van der Waals surface area contributed by atoms with Crippen LogP contribution in [0.3, 0.4) is 0 Å². The average Bonchev–Trinajstić information content (AvgIpc) is 2.76. The second-order valence-corrected chi connectivity index (χ2v) is 5.16. The second kappa shape index (κ2) is 6.75. The van der Waals surface area contributed by atoms with E-state index in [9.17, 15) is 4.79 Å². The molecule has 0 bridgehead atoms. The molecule has 1 heterocycles. The van der Waals surface area contributed by atoms with Crippen molar-refractivity contribution in [3.8, 4) is 0 Å². The standard InChI is InChI=1S/C16H24N2O2/c1-4-9-17-13(6-3)12-7-8-14-15(11-12)20-16(19)18(14)10-5-2/h7-8,11,13,17H,4-6,9-10H2,1-3H3. The zero-order valence-corrected chi connectivity index (χ0v) is 12.6. The highest BCUT2D eigenvalue weighted by Crippen LogP contribution is 2.22. The van der Waals surface area contributed by atoms with Crippen molar-refractivity contribution >= 4 is 11.1 Å². The first kappa shape index (κ1) is 14.9. The molecule has 1 aromatic carbocycles. The van der Waals surface area contributed by atoms with Crippen molar-refractivity contribution in [3.63, 3.8) is 0 Å². The van der Waals surface area contributed by atoms with Crippen molar-refractivity contribution in [2.75, 3.05) is 6.54 Å². The lowest BCUT2D eigenvalue weighted by atomic mass is 10.0. The van der Waals surface area contributed by atoms with Crippen LogP contribution in [0.1, 0.15) is 51.6 Å². The number of fused-ring (bicyclic) bond motifs is 1. The molecule has 0 radical (unpaired) electrons. The maximum atomic E-state index is 11.8. The summed E-state index contributed by atoms with van der Waals surface area (Å²) in [6.07, 6.45) is 3.05. The lowest BCUT2D eigenvalue weighted by molar-refractivity contribution is 0.499. The molecule has 0 saturated heterocycles. The molecule has 0 aliphatic heterocycles. The third-order valence-electron chi connectivity index (χ3n) is 3.59. The normalized spacial score (nSPS) is 12.9. The van der Waals surface area contributed by atoms with E-state index in [0.717, 1.165) is 31.3 Å². The van der Waals surface area contributed by atoms with Crippen LogP contribution < -0.4 is 11.1 Å². The number of aryl methyl sites for hydroxylation is 1. The van der Waals surface area contributed by atoms with Crippen molar-refractivity contribution in [2.45, 2.75) is 52.6 Å². The number of benzene rings is 1. The number of hydrogen-bond donors (Lipinski definition) is 1. The maximum Gasteiger partial charge on any atom is 0.419 e. The van der Waals surface area contributed by atoms with Crippen LogP contribution in [0.25, 0.3) is 11.1 Å². The van der Waals surface area contributed by atoms with E-state index in [2.05, 4.69) is 32.2 Å². The summed E-state index contributed by atoms with van der Waals surface area (Å²) in [7, 11) is 0. The predicted molar refractivity (Wildman–Crippen MR) is 82.1 cm³/mol. The lowest BCUT2D eigenvalue weighted by Gasteiger charge is -2.16. The summed E-state index contributed by atoms with van der Waals surface area (Å²) in [4.78, 5) is 11.8. The molecule has 0 aliphatic rings. The van der Waals surface area contributed by atoms with Gasteiger partial charge in [-0.2, -0.15) is 0 Å². The van der Waals surface area contributed by atoms with Crippen molar-refractivity contribution in [1.29, 1.82) is 0 Å². The van der Waals surface area contributed by atoms with Crippen molar-refractivity contribution in [2.24, 2.45) is 0 Å². The smallest absolute Gasteiger partial charge is 0.408 e. The summed E-state index contributed by atoms with van der Waals surface area (Å²) < 4.78 is 7.08. The van der Waals surface area contributed by atoms with Crippen LogP contribution in [-0.4, -0.2) is 11.1 Å². The Morgan fingerprint density at radius 3 is 2.70 bits per heavy atom. The predicted octanol–water partition coefficient (Wildman–Crippen LogP) is 3.46. The number of aromatic nitrogens is 1. The Balaban J connectivity index is 2.36. The molecule has 0 fully saturated rings. The van der Waals surface area contributed by atoms with E-state index >= 15 is 0 Å². The van der Waals surface area contributed by atoms with Gasteiger partial charge in [-0.1, -0.05) is 26.8 Å². The number of rotatable bonds is 7. The van der Waals surface area contributed by atoms with Gasteiger partial charge in [-0.3, -0.25) is 4.57 Å². The molecule has 4 nitrogen and oxygen atoms in total. The van der Waals surface area contributed by atoms with E-state index < -0.39 is 0 Å².